The molecule has 1 aromatic carbocycles. The minimum atomic E-state index is -0.278. The fraction of sp³-hybridized carbons (Fsp3) is 0.619. The largest absolute Gasteiger partial charge is 0.368 e. The lowest BCUT2D eigenvalue weighted by atomic mass is 10.2. The van der Waals surface area contributed by atoms with E-state index in [-0.39, 0.29) is 18.0 Å². The van der Waals surface area contributed by atoms with Gasteiger partial charge in [0.25, 0.3) is 5.91 Å². The molecule has 1 aromatic rings. The number of carbonyl (C=O) groups excluding carboxylic acids is 2. The summed E-state index contributed by atoms with van der Waals surface area (Å²) >= 11 is 1.88. The highest BCUT2D eigenvalue weighted by Gasteiger charge is 2.31. The Balaban J connectivity index is 1.30. The molecule has 0 bridgehead atoms. The average molecular weight is 404 g/mol. The van der Waals surface area contributed by atoms with Gasteiger partial charge >= 0.3 is 6.03 Å². The molecule has 1 saturated carbocycles. The van der Waals surface area contributed by atoms with Gasteiger partial charge in [-0.05, 0) is 37.8 Å². The lowest BCUT2D eigenvalue weighted by Gasteiger charge is -2.35. The van der Waals surface area contributed by atoms with E-state index in [4.69, 9.17) is 4.74 Å². The third-order valence-corrected chi connectivity index (χ3v) is 7.22. The molecular formula is C21H29N3O3S. The first-order valence-corrected chi connectivity index (χ1v) is 11.3. The fourth-order valence-corrected chi connectivity index (χ4v) is 5.49. The molecular weight excluding hydrogens is 374 g/mol. The summed E-state index contributed by atoms with van der Waals surface area (Å²) in [5, 5.41) is 3.75. The number of ether oxygens (including phenoxy) is 1. The number of nitrogens with one attached hydrogen (secondary N) is 1. The van der Waals surface area contributed by atoms with Gasteiger partial charge in [0, 0.05) is 42.9 Å². The number of rotatable bonds is 4. The summed E-state index contributed by atoms with van der Waals surface area (Å²) in [5.74, 6) is 0.0795. The van der Waals surface area contributed by atoms with Crippen LogP contribution >= 0.6 is 11.8 Å². The maximum Gasteiger partial charge on any atom is 0.321 e. The Bertz CT molecular complexity index is 694. The smallest absolute Gasteiger partial charge is 0.321 e. The van der Waals surface area contributed by atoms with E-state index < -0.39 is 0 Å². The van der Waals surface area contributed by atoms with E-state index in [2.05, 4.69) is 11.4 Å². The van der Waals surface area contributed by atoms with Crippen molar-refractivity contribution in [3.05, 3.63) is 24.3 Å². The van der Waals surface area contributed by atoms with E-state index in [1.807, 2.05) is 34.9 Å². The molecule has 2 saturated heterocycles. The summed E-state index contributed by atoms with van der Waals surface area (Å²) in [5.41, 5.74) is 0.891. The highest BCUT2D eigenvalue weighted by atomic mass is 32.2. The van der Waals surface area contributed by atoms with Crippen LogP contribution < -0.4 is 5.32 Å². The van der Waals surface area contributed by atoms with Crippen LogP contribution in [0.15, 0.2) is 29.2 Å². The molecule has 3 amide bonds. The van der Waals surface area contributed by atoms with Crippen molar-refractivity contribution in [3.8, 4) is 0 Å². The molecule has 3 aliphatic rings. The molecule has 2 aliphatic heterocycles. The van der Waals surface area contributed by atoms with Crippen molar-refractivity contribution < 1.29 is 14.3 Å². The zero-order valence-corrected chi connectivity index (χ0v) is 17.1. The van der Waals surface area contributed by atoms with E-state index >= 15 is 0 Å². The molecule has 0 aromatic heterocycles. The predicted octanol–water partition coefficient (Wildman–Crippen LogP) is 3.58. The molecule has 7 heteroatoms. The quantitative estimate of drug-likeness (QED) is 0.835. The number of nitrogens with zero attached hydrogens (tertiary/aromatic N) is 2. The summed E-state index contributed by atoms with van der Waals surface area (Å²) in [4.78, 5) is 30.0. The second kappa shape index (κ2) is 9.18. The number of para-hydroxylation sites is 1. The van der Waals surface area contributed by atoms with Gasteiger partial charge in [0.2, 0.25) is 0 Å². The van der Waals surface area contributed by atoms with Gasteiger partial charge in [-0.25, -0.2) is 4.79 Å². The summed E-state index contributed by atoms with van der Waals surface area (Å²) in [6, 6.07) is 7.99. The maximum atomic E-state index is 12.8. The molecule has 1 aliphatic carbocycles. The highest BCUT2D eigenvalue weighted by molar-refractivity contribution is 8.00. The number of anilines is 1. The van der Waals surface area contributed by atoms with Crippen LogP contribution in [0, 0.1) is 0 Å². The molecule has 1 N–H and O–H groups in total. The standard InChI is InChI=1S/C21H29N3O3S/c25-20(18-9-5-15-27-18)23-11-13-24(14-12-23)21(26)22-17-8-3-4-10-19(17)28-16-6-1-2-7-16/h3-4,8,10,16,18H,1-2,5-7,9,11-15H2,(H,22,26)/t18-/m1/s1. The van der Waals surface area contributed by atoms with Crippen molar-refractivity contribution in [2.24, 2.45) is 0 Å². The second-order valence-electron chi connectivity index (χ2n) is 7.76. The minimum Gasteiger partial charge on any atom is -0.368 e. The van der Waals surface area contributed by atoms with Gasteiger partial charge in [-0.3, -0.25) is 4.79 Å². The van der Waals surface area contributed by atoms with Crippen LogP contribution in [0.2, 0.25) is 0 Å². The average Bonchev–Trinajstić information content (AvgIpc) is 3.43. The normalized spacial score (nSPS) is 23.2. The molecule has 0 unspecified atom stereocenters. The van der Waals surface area contributed by atoms with Crippen LogP contribution in [-0.4, -0.2) is 65.9 Å². The summed E-state index contributed by atoms with van der Waals surface area (Å²) < 4.78 is 5.50. The third kappa shape index (κ3) is 4.63. The first-order valence-electron chi connectivity index (χ1n) is 10.4. The Morgan fingerprint density at radius 2 is 1.68 bits per heavy atom. The first kappa shape index (κ1) is 19.6. The number of piperazine rings is 1. The van der Waals surface area contributed by atoms with Gasteiger partial charge in [-0.15, -0.1) is 11.8 Å². The number of benzene rings is 1. The van der Waals surface area contributed by atoms with Crippen molar-refractivity contribution in [2.75, 3.05) is 38.1 Å². The SMILES string of the molecule is O=C(Nc1ccccc1SC1CCCC1)N1CCN(C(=O)[C@H]2CCCO2)CC1. The minimum absolute atomic E-state index is 0.0795. The number of hydrogen-bond donors (Lipinski definition) is 1. The number of hydrogen-bond acceptors (Lipinski definition) is 4. The van der Waals surface area contributed by atoms with Gasteiger partial charge in [0.05, 0.1) is 5.69 Å². The van der Waals surface area contributed by atoms with E-state index in [1.165, 1.54) is 25.7 Å². The van der Waals surface area contributed by atoms with Crippen LogP contribution in [0.25, 0.3) is 0 Å². The van der Waals surface area contributed by atoms with E-state index in [1.54, 1.807) is 4.90 Å². The number of urea groups is 1. The monoisotopic (exact) mass is 403 g/mol. The van der Waals surface area contributed by atoms with Crippen molar-refractivity contribution >= 4 is 29.4 Å². The van der Waals surface area contributed by atoms with Gasteiger partial charge in [0.15, 0.2) is 0 Å². The highest BCUT2D eigenvalue weighted by Crippen LogP contribution is 2.38. The number of thioether (sulfide) groups is 1. The Morgan fingerprint density at radius 1 is 0.964 bits per heavy atom. The molecule has 4 rings (SSSR count). The Hall–Kier alpha value is -1.73. The maximum absolute atomic E-state index is 12.8. The van der Waals surface area contributed by atoms with Crippen LogP contribution in [0.1, 0.15) is 38.5 Å². The van der Waals surface area contributed by atoms with Crippen LogP contribution in [-0.2, 0) is 9.53 Å². The van der Waals surface area contributed by atoms with Gasteiger partial charge in [0.1, 0.15) is 6.10 Å². The third-order valence-electron chi connectivity index (χ3n) is 5.81. The van der Waals surface area contributed by atoms with Gasteiger partial charge in [-0.1, -0.05) is 25.0 Å². The molecule has 0 radical (unpaired) electrons. The Kier molecular flexibility index (Phi) is 6.42. The van der Waals surface area contributed by atoms with Crippen LogP contribution in [0.3, 0.4) is 0 Å². The fourth-order valence-electron chi connectivity index (χ4n) is 4.16. The molecule has 152 valence electrons. The van der Waals surface area contributed by atoms with Crippen LogP contribution in [0.5, 0.6) is 0 Å². The van der Waals surface area contributed by atoms with Crippen molar-refractivity contribution in [3.63, 3.8) is 0 Å². The van der Waals surface area contributed by atoms with Crippen molar-refractivity contribution in [2.45, 2.75) is 54.8 Å². The van der Waals surface area contributed by atoms with Gasteiger partial charge < -0.3 is 19.9 Å². The van der Waals surface area contributed by atoms with Crippen molar-refractivity contribution in [1.82, 2.24) is 9.80 Å². The topological polar surface area (TPSA) is 61.9 Å². The number of carbonyl (C=O) groups is 2. The molecule has 3 fully saturated rings. The van der Waals surface area contributed by atoms with E-state index in [0.29, 0.717) is 38.0 Å². The molecule has 2 heterocycles. The molecule has 0 spiro atoms. The van der Waals surface area contributed by atoms with E-state index in [9.17, 15) is 9.59 Å². The first-order chi connectivity index (χ1) is 13.7. The molecule has 28 heavy (non-hydrogen) atoms. The lowest BCUT2D eigenvalue weighted by Crippen LogP contribution is -2.53. The second-order valence-corrected chi connectivity index (χ2v) is 9.11. The zero-order valence-electron chi connectivity index (χ0n) is 16.3. The molecule has 6 nitrogen and oxygen atoms in total. The van der Waals surface area contributed by atoms with Gasteiger partial charge in [-0.2, -0.15) is 0 Å². The zero-order chi connectivity index (χ0) is 19.3. The molecule has 1 atom stereocenters. The number of amides is 3. The summed E-state index contributed by atoms with van der Waals surface area (Å²) in [7, 11) is 0. The van der Waals surface area contributed by atoms with Crippen LogP contribution in [0.4, 0.5) is 10.5 Å². The summed E-state index contributed by atoms with van der Waals surface area (Å²) in [6.45, 7) is 2.94. The van der Waals surface area contributed by atoms with E-state index in [0.717, 1.165) is 23.4 Å². The lowest BCUT2D eigenvalue weighted by molar-refractivity contribution is -0.142. The Labute approximate surface area is 171 Å². The predicted molar refractivity (Wildman–Crippen MR) is 111 cm³/mol. The van der Waals surface area contributed by atoms with Crippen molar-refractivity contribution in [1.29, 1.82) is 0 Å². The summed E-state index contributed by atoms with van der Waals surface area (Å²) in [6.07, 6.45) is 6.62. The Morgan fingerprint density at radius 3 is 2.39 bits per heavy atom.